The Morgan fingerprint density at radius 3 is 2.72 bits per heavy atom. The topological polar surface area (TPSA) is 35.5 Å². The summed E-state index contributed by atoms with van der Waals surface area (Å²) in [6.07, 6.45) is 5.82. The fraction of sp³-hybridized carbons (Fsp3) is 0.400. The molecule has 3 heteroatoms. The highest BCUT2D eigenvalue weighted by Gasteiger charge is 2.35. The Balaban J connectivity index is 1.89. The molecule has 3 nitrogen and oxygen atoms in total. The van der Waals surface area contributed by atoms with Gasteiger partial charge >= 0.3 is 5.97 Å². The fourth-order valence-corrected chi connectivity index (χ4v) is 1.91. The lowest BCUT2D eigenvalue weighted by molar-refractivity contribution is -0.143. The Kier molecular flexibility index (Phi) is 4.53. The molecule has 1 aromatic rings. The zero-order chi connectivity index (χ0) is 12.8. The van der Waals surface area contributed by atoms with Gasteiger partial charge in [0.25, 0.3) is 0 Å². The molecule has 0 bridgehead atoms. The summed E-state index contributed by atoms with van der Waals surface area (Å²) in [5, 5.41) is 0. The Hall–Kier alpha value is -1.61. The lowest BCUT2D eigenvalue weighted by Gasteiger charge is -2.08. The molecule has 96 valence electrons. The highest BCUT2D eigenvalue weighted by atomic mass is 16.7. The van der Waals surface area contributed by atoms with Gasteiger partial charge in [-0.1, -0.05) is 49.4 Å². The van der Waals surface area contributed by atoms with Crippen molar-refractivity contribution in [2.24, 2.45) is 0 Å². The molecule has 1 fully saturated rings. The molecule has 0 aromatic heterocycles. The third-order valence-electron chi connectivity index (χ3n) is 2.82. The van der Waals surface area contributed by atoms with Crippen LogP contribution in [0.2, 0.25) is 0 Å². The maximum atomic E-state index is 11.7. The smallest absolute Gasteiger partial charge is 0.342 e. The zero-order valence-electron chi connectivity index (χ0n) is 10.5. The van der Waals surface area contributed by atoms with E-state index in [1.807, 2.05) is 30.3 Å². The fourth-order valence-electron chi connectivity index (χ4n) is 1.91. The number of ether oxygens (including phenoxy) is 2. The van der Waals surface area contributed by atoms with E-state index in [2.05, 4.69) is 19.1 Å². The zero-order valence-corrected chi connectivity index (χ0v) is 10.5. The van der Waals surface area contributed by atoms with Gasteiger partial charge in [-0.3, -0.25) is 0 Å². The lowest BCUT2D eigenvalue weighted by atomic mass is 10.1. The number of rotatable bonds is 5. The minimum atomic E-state index is -0.564. The van der Waals surface area contributed by atoms with Crippen LogP contribution in [0.25, 0.3) is 0 Å². The number of carbonyl (C=O) groups is 1. The molecule has 0 amide bonds. The van der Waals surface area contributed by atoms with E-state index in [1.165, 1.54) is 0 Å². The van der Waals surface area contributed by atoms with Crippen molar-refractivity contribution in [3.05, 3.63) is 48.0 Å². The van der Waals surface area contributed by atoms with E-state index in [0.717, 1.165) is 18.4 Å². The number of hydrogen-bond acceptors (Lipinski definition) is 3. The molecule has 1 aliphatic heterocycles. The van der Waals surface area contributed by atoms with Crippen LogP contribution in [0.4, 0.5) is 0 Å². The van der Waals surface area contributed by atoms with Crippen molar-refractivity contribution >= 4 is 5.97 Å². The molecule has 1 aromatic carbocycles. The molecule has 0 N–H and O–H groups in total. The summed E-state index contributed by atoms with van der Waals surface area (Å²) >= 11 is 0. The molecular weight excluding hydrogens is 228 g/mol. The van der Waals surface area contributed by atoms with E-state index in [4.69, 9.17) is 9.47 Å². The predicted octanol–water partition coefficient (Wildman–Crippen LogP) is 3.37. The first-order valence-electron chi connectivity index (χ1n) is 6.37. The molecule has 1 heterocycles. The normalized spacial score (nSPS) is 23.5. The van der Waals surface area contributed by atoms with Crippen LogP contribution >= 0.6 is 0 Å². The Bertz CT molecular complexity index is 411. The van der Waals surface area contributed by atoms with Crippen LogP contribution in [0.3, 0.4) is 0 Å². The third-order valence-corrected chi connectivity index (χ3v) is 2.82. The first-order valence-corrected chi connectivity index (χ1v) is 6.37. The number of esters is 1. The van der Waals surface area contributed by atoms with Gasteiger partial charge < -0.3 is 9.47 Å². The van der Waals surface area contributed by atoms with Gasteiger partial charge in [-0.2, -0.15) is 0 Å². The van der Waals surface area contributed by atoms with Crippen LogP contribution in [0.5, 0.6) is 0 Å². The summed E-state index contributed by atoms with van der Waals surface area (Å²) in [6.45, 7) is 2.09. The molecule has 0 radical (unpaired) electrons. The molecule has 0 aliphatic carbocycles. The molecule has 1 aliphatic rings. The second kappa shape index (κ2) is 6.36. The van der Waals surface area contributed by atoms with E-state index in [1.54, 1.807) is 0 Å². The Labute approximate surface area is 107 Å². The molecule has 0 saturated carbocycles. The summed E-state index contributed by atoms with van der Waals surface area (Å²) < 4.78 is 10.8. The van der Waals surface area contributed by atoms with Crippen LogP contribution in [-0.2, 0) is 14.3 Å². The summed E-state index contributed by atoms with van der Waals surface area (Å²) in [4.78, 5) is 11.7. The summed E-state index contributed by atoms with van der Waals surface area (Å²) in [5.74, 6) is -0.286. The number of benzene rings is 1. The summed E-state index contributed by atoms with van der Waals surface area (Å²) in [5.41, 5.74) is 0.856. The molecule has 2 rings (SSSR count). The minimum absolute atomic E-state index is 0.286. The number of carbonyl (C=O) groups excluding carboxylic acids is 1. The van der Waals surface area contributed by atoms with Crippen molar-refractivity contribution in [2.75, 3.05) is 0 Å². The average molecular weight is 246 g/mol. The quantitative estimate of drug-likeness (QED) is 0.590. The minimum Gasteiger partial charge on any atom is -0.434 e. The molecule has 18 heavy (non-hydrogen) atoms. The van der Waals surface area contributed by atoms with Crippen molar-refractivity contribution in [2.45, 2.75) is 38.6 Å². The largest absolute Gasteiger partial charge is 0.434 e. The molecule has 2 atom stereocenters. The van der Waals surface area contributed by atoms with Crippen LogP contribution in [0, 0.1) is 0 Å². The van der Waals surface area contributed by atoms with Gasteiger partial charge in [0, 0.05) is 6.42 Å². The third kappa shape index (κ3) is 3.20. The highest BCUT2D eigenvalue weighted by molar-refractivity contribution is 5.77. The van der Waals surface area contributed by atoms with Crippen molar-refractivity contribution in [3.8, 4) is 0 Å². The van der Waals surface area contributed by atoms with Gasteiger partial charge in [0.2, 0.25) is 6.29 Å². The first-order chi connectivity index (χ1) is 8.81. The molecule has 0 spiro atoms. The van der Waals surface area contributed by atoms with Crippen LogP contribution in [0.15, 0.2) is 42.5 Å². The maximum absolute atomic E-state index is 11.7. The predicted molar refractivity (Wildman–Crippen MR) is 68.8 cm³/mol. The Morgan fingerprint density at radius 2 is 2.00 bits per heavy atom. The van der Waals surface area contributed by atoms with E-state index < -0.39 is 12.4 Å². The number of cyclic esters (lactones) is 1. The first kappa shape index (κ1) is 12.8. The second-order valence-electron chi connectivity index (χ2n) is 4.25. The highest BCUT2D eigenvalue weighted by Crippen LogP contribution is 2.29. The van der Waals surface area contributed by atoms with Crippen LogP contribution in [-0.4, -0.2) is 12.3 Å². The molecular formula is C15H18O3. The van der Waals surface area contributed by atoms with Crippen LogP contribution in [0.1, 0.15) is 37.9 Å². The van der Waals surface area contributed by atoms with Gasteiger partial charge in [-0.15, -0.1) is 0 Å². The van der Waals surface area contributed by atoms with Crippen molar-refractivity contribution in [1.29, 1.82) is 0 Å². The monoisotopic (exact) mass is 246 g/mol. The van der Waals surface area contributed by atoms with Gasteiger partial charge in [-0.25, -0.2) is 4.79 Å². The van der Waals surface area contributed by atoms with Crippen molar-refractivity contribution < 1.29 is 14.3 Å². The number of hydrogen-bond donors (Lipinski definition) is 0. The van der Waals surface area contributed by atoms with E-state index in [0.29, 0.717) is 6.42 Å². The van der Waals surface area contributed by atoms with Crippen molar-refractivity contribution in [1.82, 2.24) is 0 Å². The van der Waals surface area contributed by atoms with E-state index in [9.17, 15) is 4.79 Å². The molecule has 0 unspecified atom stereocenters. The SMILES string of the molecule is CC/C=C\CC[C@@H]1OC(=O)[C@H](c2ccccc2)O1. The van der Waals surface area contributed by atoms with Crippen molar-refractivity contribution in [3.63, 3.8) is 0 Å². The van der Waals surface area contributed by atoms with E-state index >= 15 is 0 Å². The number of allylic oxidation sites excluding steroid dienone is 2. The lowest BCUT2D eigenvalue weighted by Crippen LogP contribution is -2.07. The maximum Gasteiger partial charge on any atom is 0.342 e. The summed E-state index contributed by atoms with van der Waals surface area (Å²) in [6, 6.07) is 9.46. The second-order valence-corrected chi connectivity index (χ2v) is 4.25. The van der Waals surface area contributed by atoms with E-state index in [-0.39, 0.29) is 5.97 Å². The van der Waals surface area contributed by atoms with Gasteiger partial charge in [0.1, 0.15) is 0 Å². The molecule has 1 saturated heterocycles. The van der Waals surface area contributed by atoms with Crippen LogP contribution < -0.4 is 0 Å². The Morgan fingerprint density at radius 1 is 1.22 bits per heavy atom. The summed E-state index contributed by atoms with van der Waals surface area (Å²) in [7, 11) is 0. The van der Waals surface area contributed by atoms with Gasteiger partial charge in [0.05, 0.1) is 0 Å². The standard InChI is InChI=1S/C15H18O3/c1-2-3-4-8-11-13-17-14(15(16)18-13)12-9-6-5-7-10-12/h3-7,9-10,13-14H,2,8,11H2,1H3/b4-3-/t13-,14-/m0/s1. The van der Waals surface area contributed by atoms with Gasteiger partial charge in [-0.05, 0) is 18.4 Å². The average Bonchev–Trinajstić information content (AvgIpc) is 2.77. The van der Waals surface area contributed by atoms with Gasteiger partial charge in [0.15, 0.2) is 6.10 Å².